The lowest BCUT2D eigenvalue weighted by molar-refractivity contribution is -0.120. The second kappa shape index (κ2) is 7.67. The van der Waals surface area contributed by atoms with Gasteiger partial charge in [0.1, 0.15) is 12.3 Å². The third-order valence-electron chi connectivity index (χ3n) is 4.23. The first-order valence-electron chi connectivity index (χ1n) is 8.19. The molecule has 1 aliphatic heterocycles. The zero-order valence-corrected chi connectivity index (χ0v) is 13.9. The van der Waals surface area contributed by atoms with E-state index in [0.717, 1.165) is 0 Å². The minimum Gasteiger partial charge on any atom is -0.535 e. The molecule has 0 amide bonds. The Balaban J connectivity index is 1.66. The lowest BCUT2D eigenvalue weighted by atomic mass is 9.64. The normalized spacial score (nSPS) is 16.1. The van der Waals surface area contributed by atoms with Gasteiger partial charge >= 0.3 is 13.1 Å². The van der Waals surface area contributed by atoms with Crippen molar-refractivity contribution in [3.8, 4) is 5.75 Å². The van der Waals surface area contributed by atoms with E-state index < -0.39 is 18.9 Å². The molecule has 1 aromatic carbocycles. The lowest BCUT2D eigenvalue weighted by Gasteiger charge is -2.27. The van der Waals surface area contributed by atoms with Crippen LogP contribution in [-0.2, 0) is 24.2 Å². The van der Waals surface area contributed by atoms with E-state index in [2.05, 4.69) is 10.3 Å². The van der Waals surface area contributed by atoms with Crippen LogP contribution in [0.2, 0.25) is 5.82 Å². The van der Waals surface area contributed by atoms with E-state index in [1.165, 1.54) is 10.7 Å². The molecule has 0 unspecified atom stereocenters. The monoisotopic (exact) mass is 359 g/mol. The second-order valence-corrected chi connectivity index (χ2v) is 6.20. The zero-order valence-electron chi connectivity index (χ0n) is 13.9. The number of para-hydroxylation sites is 1. The SMILES string of the molecule is O=C(C[C@H]1Cc2cccc(C(=O)O)c2OB1O)Cn1cc(CCO)nn1. The Bertz CT molecular complexity index is 824. The van der Waals surface area contributed by atoms with Crippen LogP contribution in [0.3, 0.4) is 0 Å². The second-order valence-electron chi connectivity index (χ2n) is 6.20. The largest absolute Gasteiger partial charge is 0.535 e. The number of carbonyl (C=O) groups excluding carboxylic acids is 1. The summed E-state index contributed by atoms with van der Waals surface area (Å²) in [5.41, 5.74) is 1.24. The Morgan fingerprint density at radius 2 is 2.19 bits per heavy atom. The third kappa shape index (κ3) is 3.92. The number of carbonyl (C=O) groups is 2. The third-order valence-corrected chi connectivity index (χ3v) is 4.23. The molecule has 1 aliphatic rings. The Morgan fingerprint density at radius 3 is 2.92 bits per heavy atom. The number of carboxylic acids is 1. The predicted octanol–water partition coefficient (Wildman–Crippen LogP) is -0.0439. The Hall–Kier alpha value is -2.72. The summed E-state index contributed by atoms with van der Waals surface area (Å²) in [6.07, 6.45) is 2.37. The van der Waals surface area contributed by atoms with Crippen molar-refractivity contribution >= 4 is 18.9 Å². The van der Waals surface area contributed by atoms with E-state index in [1.54, 1.807) is 18.3 Å². The van der Waals surface area contributed by atoms with Crippen molar-refractivity contribution in [3.63, 3.8) is 0 Å². The molecule has 26 heavy (non-hydrogen) atoms. The molecule has 0 saturated heterocycles. The molecule has 2 aromatic rings. The topological polar surface area (TPSA) is 135 Å². The number of fused-ring (bicyclic) bond motifs is 1. The summed E-state index contributed by atoms with van der Waals surface area (Å²) in [6, 6.07) is 4.75. The fourth-order valence-electron chi connectivity index (χ4n) is 3.01. The number of aromatic nitrogens is 3. The summed E-state index contributed by atoms with van der Waals surface area (Å²) in [7, 11) is -1.26. The molecule has 1 aromatic heterocycles. The average Bonchev–Trinajstić information content (AvgIpc) is 3.02. The van der Waals surface area contributed by atoms with E-state index in [4.69, 9.17) is 9.76 Å². The highest BCUT2D eigenvalue weighted by Crippen LogP contribution is 2.36. The number of ketones is 1. The molecule has 136 valence electrons. The van der Waals surface area contributed by atoms with Crippen LogP contribution in [0.15, 0.2) is 24.4 Å². The minimum absolute atomic E-state index is 0.00364. The molecule has 0 aliphatic carbocycles. The highest BCUT2D eigenvalue weighted by molar-refractivity contribution is 6.47. The number of hydrogen-bond donors (Lipinski definition) is 3. The van der Waals surface area contributed by atoms with Gasteiger partial charge < -0.3 is 19.9 Å². The van der Waals surface area contributed by atoms with Crippen molar-refractivity contribution in [2.24, 2.45) is 0 Å². The number of aliphatic hydroxyl groups excluding tert-OH is 1. The van der Waals surface area contributed by atoms with Crippen LogP contribution < -0.4 is 4.65 Å². The predicted molar refractivity (Wildman–Crippen MR) is 89.9 cm³/mol. The van der Waals surface area contributed by atoms with Gasteiger partial charge in [-0.25, -0.2) is 9.48 Å². The Morgan fingerprint density at radius 1 is 1.38 bits per heavy atom. The number of nitrogens with zero attached hydrogens (tertiary/aromatic N) is 3. The van der Waals surface area contributed by atoms with Crippen molar-refractivity contribution in [2.45, 2.75) is 31.6 Å². The van der Waals surface area contributed by atoms with Crippen LogP contribution >= 0.6 is 0 Å². The summed E-state index contributed by atoms with van der Waals surface area (Å²) in [6.45, 7) is -0.0420. The molecule has 2 heterocycles. The van der Waals surface area contributed by atoms with E-state index in [0.29, 0.717) is 24.1 Å². The highest BCUT2D eigenvalue weighted by atomic mass is 16.5. The number of benzene rings is 1. The standard InChI is InChI=1S/C16H18BN3O6/c21-5-4-12-8-20(19-18-12)9-13(22)7-11-6-10-2-1-3-14(16(23)24)15(10)26-17(11)25/h1-3,8,11,21,25H,4-7,9H2,(H,23,24)/t11-/m1/s1. The Kier molecular flexibility index (Phi) is 5.33. The van der Waals surface area contributed by atoms with Gasteiger partial charge in [0.05, 0.1) is 11.3 Å². The Labute approximate surface area is 149 Å². The molecule has 0 bridgehead atoms. The minimum atomic E-state index is -1.26. The summed E-state index contributed by atoms with van der Waals surface area (Å²) in [5, 5.41) is 35.9. The van der Waals surface area contributed by atoms with Crippen molar-refractivity contribution in [3.05, 3.63) is 41.2 Å². The van der Waals surface area contributed by atoms with Gasteiger partial charge in [-0.15, -0.1) is 5.10 Å². The summed E-state index contributed by atoms with van der Waals surface area (Å²) in [5.74, 6) is -1.61. The lowest BCUT2D eigenvalue weighted by Crippen LogP contribution is -2.36. The molecule has 0 saturated carbocycles. The molecule has 0 fully saturated rings. The van der Waals surface area contributed by atoms with Gasteiger partial charge in [-0.2, -0.15) is 0 Å². The number of aliphatic hydroxyl groups is 1. The summed E-state index contributed by atoms with van der Waals surface area (Å²) < 4.78 is 6.77. The molecule has 9 nitrogen and oxygen atoms in total. The van der Waals surface area contributed by atoms with Crippen LogP contribution in [0.1, 0.15) is 28.0 Å². The van der Waals surface area contributed by atoms with Gasteiger partial charge in [-0.05, 0) is 18.1 Å². The maximum absolute atomic E-state index is 12.3. The van der Waals surface area contributed by atoms with Crippen LogP contribution in [-0.4, -0.2) is 55.7 Å². The van der Waals surface area contributed by atoms with Gasteiger partial charge in [0.2, 0.25) is 0 Å². The van der Waals surface area contributed by atoms with Gasteiger partial charge in [-0.1, -0.05) is 17.3 Å². The fourth-order valence-corrected chi connectivity index (χ4v) is 3.01. The first kappa shape index (κ1) is 18.1. The van der Waals surface area contributed by atoms with Crippen molar-refractivity contribution < 1.29 is 29.5 Å². The molecule has 10 heteroatoms. The first-order valence-corrected chi connectivity index (χ1v) is 8.19. The zero-order chi connectivity index (χ0) is 18.7. The molecular weight excluding hydrogens is 341 g/mol. The average molecular weight is 359 g/mol. The van der Waals surface area contributed by atoms with Crippen molar-refractivity contribution in [1.82, 2.24) is 15.0 Å². The number of aromatic carboxylic acids is 1. The fraction of sp³-hybridized carbons (Fsp3) is 0.375. The molecule has 3 N–H and O–H groups in total. The molecule has 1 atom stereocenters. The number of rotatable bonds is 7. The van der Waals surface area contributed by atoms with Gasteiger partial charge in [-0.3, -0.25) is 4.79 Å². The highest BCUT2D eigenvalue weighted by Gasteiger charge is 2.37. The smallest absolute Gasteiger partial charge is 0.526 e. The van der Waals surface area contributed by atoms with E-state index in [1.807, 2.05) is 0 Å². The van der Waals surface area contributed by atoms with Gasteiger partial charge in [0.25, 0.3) is 0 Å². The van der Waals surface area contributed by atoms with Gasteiger partial charge in [0, 0.05) is 31.5 Å². The first-order chi connectivity index (χ1) is 12.5. The van der Waals surface area contributed by atoms with Gasteiger partial charge in [0.15, 0.2) is 5.78 Å². The number of Topliss-reactive ketones (excluding diaryl/α,β-unsaturated/α-hetero) is 1. The number of carboxylic acid groups (broad SMARTS) is 1. The van der Waals surface area contributed by atoms with Crippen LogP contribution in [0, 0.1) is 0 Å². The van der Waals surface area contributed by atoms with Crippen LogP contribution in [0.25, 0.3) is 0 Å². The van der Waals surface area contributed by atoms with E-state index in [9.17, 15) is 19.7 Å². The number of hydrogen-bond acceptors (Lipinski definition) is 7. The van der Waals surface area contributed by atoms with Crippen molar-refractivity contribution in [1.29, 1.82) is 0 Å². The van der Waals surface area contributed by atoms with Crippen LogP contribution in [0.4, 0.5) is 0 Å². The molecule has 0 spiro atoms. The maximum Gasteiger partial charge on any atom is 0.526 e. The van der Waals surface area contributed by atoms with E-state index in [-0.39, 0.29) is 36.7 Å². The van der Waals surface area contributed by atoms with Crippen molar-refractivity contribution in [2.75, 3.05) is 6.61 Å². The molecular formula is C16H18BN3O6. The quantitative estimate of drug-likeness (QED) is 0.586. The van der Waals surface area contributed by atoms with Crippen LogP contribution in [0.5, 0.6) is 5.75 Å². The molecule has 3 rings (SSSR count). The van der Waals surface area contributed by atoms with E-state index >= 15 is 0 Å². The molecule has 0 radical (unpaired) electrons. The summed E-state index contributed by atoms with van der Waals surface area (Å²) >= 11 is 0. The summed E-state index contributed by atoms with van der Waals surface area (Å²) in [4.78, 5) is 23.5. The maximum atomic E-state index is 12.3.